The SMILES string of the molecule is Cc1cc(N2CCCCCC2)nc(Nc2cccc(C)c2C)n1. The zero-order valence-electron chi connectivity index (χ0n) is 14.4. The highest BCUT2D eigenvalue weighted by Crippen LogP contribution is 2.24. The Hall–Kier alpha value is -2.10. The molecule has 1 fully saturated rings. The number of hydrogen-bond donors (Lipinski definition) is 1. The summed E-state index contributed by atoms with van der Waals surface area (Å²) in [6.45, 7) is 8.49. The van der Waals surface area contributed by atoms with Crippen LogP contribution in [0.2, 0.25) is 0 Å². The molecule has 1 saturated heterocycles. The van der Waals surface area contributed by atoms with E-state index in [1.165, 1.54) is 36.8 Å². The number of anilines is 3. The van der Waals surface area contributed by atoms with Gasteiger partial charge in [-0.25, -0.2) is 4.98 Å². The quantitative estimate of drug-likeness (QED) is 0.904. The first-order valence-electron chi connectivity index (χ1n) is 8.57. The van der Waals surface area contributed by atoms with Gasteiger partial charge in [-0.2, -0.15) is 4.98 Å². The lowest BCUT2D eigenvalue weighted by molar-refractivity contribution is 0.726. The van der Waals surface area contributed by atoms with Crippen molar-refractivity contribution in [2.75, 3.05) is 23.3 Å². The normalized spacial score (nSPS) is 15.3. The zero-order valence-corrected chi connectivity index (χ0v) is 14.4. The molecule has 0 spiro atoms. The number of aromatic nitrogens is 2. The molecular weight excluding hydrogens is 284 g/mol. The maximum absolute atomic E-state index is 4.77. The van der Waals surface area contributed by atoms with E-state index in [9.17, 15) is 0 Å². The van der Waals surface area contributed by atoms with Gasteiger partial charge in [-0.3, -0.25) is 0 Å². The Bertz CT molecular complexity index is 673. The first kappa shape index (κ1) is 15.8. The van der Waals surface area contributed by atoms with Gasteiger partial charge in [0.2, 0.25) is 5.95 Å². The molecule has 122 valence electrons. The van der Waals surface area contributed by atoms with Gasteiger partial charge in [0.1, 0.15) is 5.82 Å². The molecule has 3 rings (SSSR count). The second kappa shape index (κ2) is 6.99. The number of aryl methyl sites for hydroxylation is 2. The van der Waals surface area contributed by atoms with Crippen molar-refractivity contribution in [2.24, 2.45) is 0 Å². The summed E-state index contributed by atoms with van der Waals surface area (Å²) in [6, 6.07) is 8.37. The van der Waals surface area contributed by atoms with Gasteiger partial charge in [-0.15, -0.1) is 0 Å². The monoisotopic (exact) mass is 310 g/mol. The molecule has 0 bridgehead atoms. The Morgan fingerprint density at radius 3 is 2.43 bits per heavy atom. The summed E-state index contributed by atoms with van der Waals surface area (Å²) in [5, 5.41) is 3.40. The van der Waals surface area contributed by atoms with Crippen molar-refractivity contribution >= 4 is 17.5 Å². The van der Waals surface area contributed by atoms with Crippen LogP contribution >= 0.6 is 0 Å². The van der Waals surface area contributed by atoms with E-state index in [0.717, 1.165) is 30.3 Å². The molecule has 4 nitrogen and oxygen atoms in total. The van der Waals surface area contributed by atoms with Crippen LogP contribution in [0.15, 0.2) is 24.3 Å². The van der Waals surface area contributed by atoms with E-state index in [1.54, 1.807) is 0 Å². The molecule has 2 aromatic rings. The highest BCUT2D eigenvalue weighted by Gasteiger charge is 2.13. The van der Waals surface area contributed by atoms with E-state index in [4.69, 9.17) is 4.98 Å². The number of nitrogens with one attached hydrogen (secondary N) is 1. The predicted molar refractivity (Wildman–Crippen MR) is 96.6 cm³/mol. The van der Waals surface area contributed by atoms with Crippen LogP contribution in [-0.2, 0) is 0 Å². The first-order chi connectivity index (χ1) is 11.1. The molecule has 23 heavy (non-hydrogen) atoms. The summed E-state index contributed by atoms with van der Waals surface area (Å²) >= 11 is 0. The van der Waals surface area contributed by atoms with Crippen LogP contribution in [0.5, 0.6) is 0 Å². The van der Waals surface area contributed by atoms with Crippen molar-refractivity contribution < 1.29 is 0 Å². The molecule has 0 unspecified atom stereocenters. The van der Waals surface area contributed by atoms with Crippen LogP contribution in [0.25, 0.3) is 0 Å². The highest BCUT2D eigenvalue weighted by molar-refractivity contribution is 5.61. The molecule has 0 radical (unpaired) electrons. The van der Waals surface area contributed by atoms with Gasteiger partial charge in [0.25, 0.3) is 0 Å². The summed E-state index contributed by atoms with van der Waals surface area (Å²) in [5.74, 6) is 1.74. The van der Waals surface area contributed by atoms with Crippen molar-refractivity contribution in [3.05, 3.63) is 41.1 Å². The van der Waals surface area contributed by atoms with Crippen LogP contribution in [-0.4, -0.2) is 23.1 Å². The molecule has 2 heterocycles. The molecule has 1 N–H and O–H groups in total. The third-order valence-electron chi connectivity index (χ3n) is 4.62. The van der Waals surface area contributed by atoms with Crippen LogP contribution in [0.3, 0.4) is 0 Å². The Balaban J connectivity index is 1.86. The minimum atomic E-state index is 0.693. The van der Waals surface area contributed by atoms with Gasteiger partial charge in [0.15, 0.2) is 0 Å². The molecule has 4 heteroatoms. The fraction of sp³-hybridized carbons (Fsp3) is 0.474. The molecule has 1 aromatic heterocycles. The molecule has 0 aliphatic carbocycles. The predicted octanol–water partition coefficient (Wildman–Crippen LogP) is 4.53. The van der Waals surface area contributed by atoms with Crippen molar-refractivity contribution in [3.8, 4) is 0 Å². The van der Waals surface area contributed by atoms with Crippen molar-refractivity contribution in [1.29, 1.82) is 0 Å². The summed E-state index contributed by atoms with van der Waals surface area (Å²) in [6.07, 6.45) is 5.16. The standard InChI is InChI=1S/C19H26N4/c1-14-9-8-10-17(16(14)3)21-19-20-15(2)13-18(22-19)23-11-6-4-5-7-12-23/h8-10,13H,4-7,11-12H2,1-3H3,(H,20,21,22). The lowest BCUT2D eigenvalue weighted by Gasteiger charge is -2.22. The minimum Gasteiger partial charge on any atom is -0.356 e. The second-order valence-electron chi connectivity index (χ2n) is 6.46. The average Bonchev–Trinajstić information content (AvgIpc) is 2.80. The van der Waals surface area contributed by atoms with Gasteiger partial charge in [-0.1, -0.05) is 25.0 Å². The molecule has 0 atom stereocenters. The highest BCUT2D eigenvalue weighted by atomic mass is 15.2. The fourth-order valence-corrected chi connectivity index (χ4v) is 3.08. The summed E-state index contributed by atoms with van der Waals surface area (Å²) in [5.41, 5.74) is 4.61. The summed E-state index contributed by atoms with van der Waals surface area (Å²) in [4.78, 5) is 11.7. The minimum absolute atomic E-state index is 0.693. The molecule has 1 aliphatic rings. The lowest BCUT2D eigenvalue weighted by atomic mass is 10.1. The molecule has 0 saturated carbocycles. The zero-order chi connectivity index (χ0) is 16.2. The number of rotatable bonds is 3. The van der Waals surface area contributed by atoms with E-state index in [0.29, 0.717) is 5.95 Å². The Kier molecular flexibility index (Phi) is 4.79. The van der Waals surface area contributed by atoms with Crippen LogP contribution in [0.1, 0.15) is 42.5 Å². The fourth-order valence-electron chi connectivity index (χ4n) is 3.08. The van der Waals surface area contributed by atoms with E-state index < -0.39 is 0 Å². The smallest absolute Gasteiger partial charge is 0.229 e. The number of benzene rings is 1. The lowest BCUT2D eigenvalue weighted by Crippen LogP contribution is -2.25. The maximum atomic E-state index is 4.77. The van der Waals surface area contributed by atoms with Crippen molar-refractivity contribution in [2.45, 2.75) is 46.5 Å². The van der Waals surface area contributed by atoms with Gasteiger partial charge in [0.05, 0.1) is 0 Å². The Morgan fingerprint density at radius 2 is 1.70 bits per heavy atom. The Labute approximate surface area is 139 Å². The molecule has 0 amide bonds. The van der Waals surface area contributed by atoms with Crippen molar-refractivity contribution in [1.82, 2.24) is 9.97 Å². The van der Waals surface area contributed by atoms with E-state index in [1.807, 2.05) is 6.92 Å². The van der Waals surface area contributed by atoms with Crippen LogP contribution < -0.4 is 10.2 Å². The summed E-state index contributed by atoms with van der Waals surface area (Å²) in [7, 11) is 0. The van der Waals surface area contributed by atoms with Gasteiger partial charge >= 0.3 is 0 Å². The third kappa shape index (κ3) is 3.81. The van der Waals surface area contributed by atoms with Crippen LogP contribution in [0, 0.1) is 20.8 Å². The maximum Gasteiger partial charge on any atom is 0.229 e. The number of hydrogen-bond acceptors (Lipinski definition) is 4. The first-order valence-corrected chi connectivity index (χ1v) is 8.57. The second-order valence-corrected chi connectivity index (χ2v) is 6.46. The van der Waals surface area contributed by atoms with E-state index in [-0.39, 0.29) is 0 Å². The topological polar surface area (TPSA) is 41.1 Å². The van der Waals surface area contributed by atoms with Crippen LogP contribution in [0.4, 0.5) is 17.5 Å². The van der Waals surface area contributed by atoms with E-state index >= 15 is 0 Å². The third-order valence-corrected chi connectivity index (χ3v) is 4.62. The van der Waals surface area contributed by atoms with Gasteiger partial charge in [-0.05, 0) is 50.8 Å². The van der Waals surface area contributed by atoms with E-state index in [2.05, 4.69) is 53.3 Å². The Morgan fingerprint density at radius 1 is 0.957 bits per heavy atom. The molecule has 1 aromatic carbocycles. The van der Waals surface area contributed by atoms with Gasteiger partial charge in [0, 0.05) is 30.5 Å². The van der Waals surface area contributed by atoms with Crippen molar-refractivity contribution in [3.63, 3.8) is 0 Å². The largest absolute Gasteiger partial charge is 0.356 e. The molecule has 1 aliphatic heterocycles. The summed E-state index contributed by atoms with van der Waals surface area (Å²) < 4.78 is 0. The average molecular weight is 310 g/mol. The number of nitrogens with zero attached hydrogens (tertiary/aromatic N) is 3. The van der Waals surface area contributed by atoms with Gasteiger partial charge < -0.3 is 10.2 Å². The molecular formula is C19H26N4.